The fraction of sp³-hybridized carbons (Fsp3) is 0.847. The zero-order valence-corrected chi connectivity index (χ0v) is 43.5. The van der Waals surface area contributed by atoms with Crippen LogP contribution >= 0.6 is 0 Å². The van der Waals surface area contributed by atoms with Crippen LogP contribution in [0.1, 0.15) is 303 Å². The highest BCUT2D eigenvalue weighted by Gasteiger charge is 2.19. The van der Waals surface area contributed by atoms with Crippen LogP contribution in [0.2, 0.25) is 0 Å². The molecule has 0 aliphatic carbocycles. The summed E-state index contributed by atoms with van der Waals surface area (Å²) in [6.07, 6.45) is 64.2. The molecule has 0 rings (SSSR count). The van der Waals surface area contributed by atoms with Gasteiger partial charge in [0.2, 0.25) is 0 Å². The topological polar surface area (TPSA) is 78.9 Å². The van der Waals surface area contributed by atoms with Crippen molar-refractivity contribution in [3.63, 3.8) is 0 Å². The standard InChI is InChI=1S/C59H108O6/c1-4-7-10-13-16-19-22-25-28-31-34-37-40-43-46-49-52-58(61)64-55-56(54-63-57(60)51-48-45-42-39-36-33-30-27-24-21-18-15-12-9-6-3)65-59(62)53-50-47-44-41-38-35-32-29-26-23-20-17-14-11-8-5-2/h9,12,18,21,27,30,56H,4-8,10-11,13-17,19-20,22-26,28-29,31-55H2,1-3H3/b12-9+,21-18+,30-27+/t56-/m1/s1. The summed E-state index contributed by atoms with van der Waals surface area (Å²) in [7, 11) is 0. The van der Waals surface area contributed by atoms with Gasteiger partial charge in [-0.05, 0) is 51.4 Å². The molecular weight excluding hydrogens is 805 g/mol. The molecule has 380 valence electrons. The smallest absolute Gasteiger partial charge is 0.306 e. The van der Waals surface area contributed by atoms with Crippen molar-refractivity contribution in [3.8, 4) is 0 Å². The molecule has 0 saturated heterocycles. The van der Waals surface area contributed by atoms with Gasteiger partial charge in [-0.3, -0.25) is 14.4 Å². The third-order valence-corrected chi connectivity index (χ3v) is 12.7. The Labute approximate surface area is 404 Å². The first kappa shape index (κ1) is 62.6. The third-order valence-electron chi connectivity index (χ3n) is 12.7. The number of esters is 3. The lowest BCUT2D eigenvalue weighted by molar-refractivity contribution is -0.167. The van der Waals surface area contributed by atoms with Crippen molar-refractivity contribution >= 4 is 17.9 Å². The Morgan fingerprint density at radius 3 is 0.938 bits per heavy atom. The quantitative estimate of drug-likeness (QED) is 0.0262. The molecule has 0 aliphatic heterocycles. The average Bonchev–Trinajstić information content (AvgIpc) is 3.30. The second-order valence-electron chi connectivity index (χ2n) is 19.2. The minimum absolute atomic E-state index is 0.0727. The van der Waals surface area contributed by atoms with Crippen molar-refractivity contribution in [2.75, 3.05) is 13.2 Å². The number of hydrogen-bond donors (Lipinski definition) is 0. The summed E-state index contributed by atoms with van der Waals surface area (Å²) >= 11 is 0. The molecule has 0 heterocycles. The highest BCUT2D eigenvalue weighted by molar-refractivity contribution is 5.71. The molecule has 6 heteroatoms. The van der Waals surface area contributed by atoms with E-state index in [2.05, 4.69) is 57.2 Å². The van der Waals surface area contributed by atoms with E-state index in [0.717, 1.165) is 96.3 Å². The van der Waals surface area contributed by atoms with Crippen molar-refractivity contribution < 1.29 is 28.6 Å². The molecule has 0 aliphatic rings. The third kappa shape index (κ3) is 52.5. The summed E-state index contributed by atoms with van der Waals surface area (Å²) in [6.45, 7) is 6.56. The van der Waals surface area contributed by atoms with Crippen LogP contribution < -0.4 is 0 Å². The summed E-state index contributed by atoms with van der Waals surface area (Å²) in [5.41, 5.74) is 0. The molecule has 0 aromatic heterocycles. The van der Waals surface area contributed by atoms with Gasteiger partial charge in [0, 0.05) is 19.3 Å². The number of unbranched alkanes of at least 4 members (excludes halogenated alkanes) is 35. The lowest BCUT2D eigenvalue weighted by Crippen LogP contribution is -2.30. The molecular formula is C59H108O6. The maximum absolute atomic E-state index is 12.8. The average molecular weight is 914 g/mol. The maximum atomic E-state index is 12.8. The van der Waals surface area contributed by atoms with E-state index in [4.69, 9.17) is 14.2 Å². The summed E-state index contributed by atoms with van der Waals surface area (Å²) in [4.78, 5) is 38.1. The minimum atomic E-state index is -0.774. The minimum Gasteiger partial charge on any atom is -0.462 e. The SMILES string of the molecule is CC/C=C/C/C=C/C/C=C/CCCCCCCC(=O)OC[C@H](COC(=O)CCCCCCCCCCCCCCCCCC)OC(=O)CCCCCCCCCCCCCCCCCC. The van der Waals surface area contributed by atoms with E-state index < -0.39 is 6.10 Å². The van der Waals surface area contributed by atoms with Crippen molar-refractivity contribution in [2.24, 2.45) is 0 Å². The molecule has 65 heavy (non-hydrogen) atoms. The number of rotatable bonds is 52. The number of carbonyl (C=O) groups is 3. The van der Waals surface area contributed by atoms with Crippen LogP contribution in [0.3, 0.4) is 0 Å². The molecule has 0 fully saturated rings. The Kier molecular flexibility index (Phi) is 52.3. The molecule has 6 nitrogen and oxygen atoms in total. The largest absolute Gasteiger partial charge is 0.462 e. The van der Waals surface area contributed by atoms with E-state index in [1.54, 1.807) is 0 Å². The molecule has 1 atom stereocenters. The first-order valence-corrected chi connectivity index (χ1v) is 28.5. The zero-order valence-electron chi connectivity index (χ0n) is 43.5. The predicted octanol–water partition coefficient (Wildman–Crippen LogP) is 18.9. The Balaban J connectivity index is 4.35. The van der Waals surface area contributed by atoms with Gasteiger partial charge >= 0.3 is 17.9 Å². The Hall–Kier alpha value is -2.37. The second-order valence-corrected chi connectivity index (χ2v) is 19.2. The summed E-state index contributed by atoms with van der Waals surface area (Å²) in [5, 5.41) is 0. The molecule has 0 aromatic rings. The fourth-order valence-electron chi connectivity index (χ4n) is 8.40. The first-order chi connectivity index (χ1) is 32.0. The first-order valence-electron chi connectivity index (χ1n) is 28.5. The lowest BCUT2D eigenvalue weighted by Gasteiger charge is -2.18. The maximum Gasteiger partial charge on any atom is 0.306 e. The van der Waals surface area contributed by atoms with E-state index in [0.29, 0.717) is 19.3 Å². The van der Waals surface area contributed by atoms with Crippen molar-refractivity contribution in [1.82, 2.24) is 0 Å². The summed E-state index contributed by atoms with van der Waals surface area (Å²) in [5.74, 6) is -0.871. The highest BCUT2D eigenvalue weighted by Crippen LogP contribution is 2.17. The number of ether oxygens (including phenoxy) is 3. The number of hydrogen-bond acceptors (Lipinski definition) is 6. The molecule has 0 unspecified atom stereocenters. The van der Waals surface area contributed by atoms with Gasteiger partial charge in [-0.15, -0.1) is 0 Å². The van der Waals surface area contributed by atoms with E-state index in [1.165, 1.54) is 167 Å². The fourth-order valence-corrected chi connectivity index (χ4v) is 8.40. The van der Waals surface area contributed by atoms with Crippen LogP contribution in [0.4, 0.5) is 0 Å². The normalized spacial score (nSPS) is 12.2. The Bertz CT molecular complexity index is 1090. The number of carbonyl (C=O) groups excluding carboxylic acids is 3. The molecule has 0 spiro atoms. The van der Waals surface area contributed by atoms with E-state index >= 15 is 0 Å². The van der Waals surface area contributed by atoms with Crippen LogP contribution in [0, 0.1) is 0 Å². The van der Waals surface area contributed by atoms with Crippen molar-refractivity contribution in [1.29, 1.82) is 0 Å². The molecule has 0 amide bonds. The highest BCUT2D eigenvalue weighted by atomic mass is 16.6. The zero-order chi connectivity index (χ0) is 47.2. The van der Waals surface area contributed by atoms with E-state index in [9.17, 15) is 14.4 Å². The van der Waals surface area contributed by atoms with Gasteiger partial charge in [-0.25, -0.2) is 0 Å². The van der Waals surface area contributed by atoms with Crippen LogP contribution in [0.15, 0.2) is 36.5 Å². The predicted molar refractivity (Wildman–Crippen MR) is 279 cm³/mol. The van der Waals surface area contributed by atoms with Crippen molar-refractivity contribution in [3.05, 3.63) is 36.5 Å². The van der Waals surface area contributed by atoms with Crippen LogP contribution in [-0.2, 0) is 28.6 Å². The van der Waals surface area contributed by atoms with Gasteiger partial charge in [0.1, 0.15) is 13.2 Å². The second kappa shape index (κ2) is 54.2. The van der Waals surface area contributed by atoms with E-state index in [-0.39, 0.29) is 31.1 Å². The Morgan fingerprint density at radius 1 is 0.323 bits per heavy atom. The van der Waals surface area contributed by atoms with Gasteiger partial charge in [0.05, 0.1) is 0 Å². The molecule has 0 radical (unpaired) electrons. The van der Waals surface area contributed by atoms with Gasteiger partial charge in [-0.1, -0.05) is 269 Å². The van der Waals surface area contributed by atoms with Gasteiger partial charge in [0.15, 0.2) is 6.10 Å². The summed E-state index contributed by atoms with van der Waals surface area (Å²) < 4.78 is 16.9. The van der Waals surface area contributed by atoms with Crippen LogP contribution in [0.5, 0.6) is 0 Å². The Morgan fingerprint density at radius 2 is 0.600 bits per heavy atom. The van der Waals surface area contributed by atoms with Gasteiger partial charge in [-0.2, -0.15) is 0 Å². The monoisotopic (exact) mass is 913 g/mol. The summed E-state index contributed by atoms with van der Waals surface area (Å²) in [6, 6.07) is 0. The van der Waals surface area contributed by atoms with Crippen molar-refractivity contribution in [2.45, 2.75) is 309 Å². The molecule has 0 N–H and O–H groups in total. The lowest BCUT2D eigenvalue weighted by atomic mass is 10.0. The van der Waals surface area contributed by atoms with Crippen LogP contribution in [0.25, 0.3) is 0 Å². The molecule has 0 bridgehead atoms. The van der Waals surface area contributed by atoms with Gasteiger partial charge < -0.3 is 14.2 Å². The molecule has 0 saturated carbocycles. The van der Waals surface area contributed by atoms with Gasteiger partial charge in [0.25, 0.3) is 0 Å². The van der Waals surface area contributed by atoms with Crippen LogP contribution in [-0.4, -0.2) is 37.2 Å². The van der Waals surface area contributed by atoms with E-state index in [1.807, 2.05) is 0 Å². The molecule has 0 aromatic carbocycles. The number of allylic oxidation sites excluding steroid dienone is 6.